The van der Waals surface area contributed by atoms with E-state index in [1.54, 1.807) is 9.80 Å². The van der Waals surface area contributed by atoms with Gasteiger partial charge in [0.15, 0.2) is 17.4 Å². The van der Waals surface area contributed by atoms with Crippen LogP contribution in [-0.2, 0) is 11.8 Å². The number of alkyl halides is 2. The highest BCUT2D eigenvalue weighted by molar-refractivity contribution is 6.34. The van der Waals surface area contributed by atoms with Crippen molar-refractivity contribution in [3.8, 4) is 17.0 Å². The first kappa shape index (κ1) is 31.3. The molecule has 0 saturated carbocycles. The maximum absolute atomic E-state index is 14.6. The summed E-state index contributed by atoms with van der Waals surface area (Å²) in [6, 6.07) is 6.27. The van der Waals surface area contributed by atoms with Crippen LogP contribution in [-0.4, -0.2) is 75.9 Å². The number of nitrogens with zero attached hydrogens (tertiary/aromatic N) is 4. The van der Waals surface area contributed by atoms with Crippen LogP contribution in [0.25, 0.3) is 11.3 Å². The lowest BCUT2D eigenvalue weighted by Crippen LogP contribution is -2.44. The molecule has 0 bridgehead atoms. The highest BCUT2D eigenvalue weighted by atomic mass is 35.5. The summed E-state index contributed by atoms with van der Waals surface area (Å²) in [7, 11) is 1.39. The van der Waals surface area contributed by atoms with E-state index in [9.17, 15) is 31.9 Å². The zero-order chi connectivity index (χ0) is 31.7. The first-order valence-corrected chi connectivity index (χ1v) is 14.2. The molecule has 3 N–H and O–H groups in total. The van der Waals surface area contributed by atoms with Gasteiger partial charge in [-0.05, 0) is 49.6 Å². The molecule has 0 spiro atoms. The van der Waals surface area contributed by atoms with Crippen LogP contribution in [0.1, 0.15) is 40.2 Å². The molecule has 0 radical (unpaired) electrons. The van der Waals surface area contributed by atoms with E-state index in [1.807, 2.05) is 0 Å². The van der Waals surface area contributed by atoms with Crippen LogP contribution in [0, 0.1) is 17.6 Å². The normalized spacial score (nSPS) is 17.3. The third kappa shape index (κ3) is 6.36. The number of amides is 3. The Bertz CT molecular complexity index is 1590. The topological polar surface area (TPSA) is 123 Å². The summed E-state index contributed by atoms with van der Waals surface area (Å²) in [5, 5.41) is 2.70. The second kappa shape index (κ2) is 12.8. The largest absolute Gasteiger partial charge is 0.432 e. The highest BCUT2D eigenvalue weighted by Crippen LogP contribution is 2.31. The third-order valence-corrected chi connectivity index (χ3v) is 8.17. The predicted molar refractivity (Wildman–Crippen MR) is 152 cm³/mol. The molecule has 2 fully saturated rings. The second-order valence-corrected chi connectivity index (χ2v) is 11.1. The lowest BCUT2D eigenvalue weighted by atomic mass is 9.95. The standard InChI is InChI=1S/C29H29ClF4N6O4/c1-38-21(19-4-5-22(44-29(33)34)24(32)23(19)31)13-36-25(38)26(41)37-17-2-3-18(20(30)12-17)28(43)39-9-6-15(7-10-39)27(42)40-11-8-16(35)14-40/h2-5,12-13,15-16,29H,6-11,14,35H2,1H3,(H,37,41)/t16-/m1/s1. The van der Waals surface area contributed by atoms with Crippen LogP contribution < -0.4 is 15.8 Å². The van der Waals surface area contributed by atoms with Gasteiger partial charge in [0.05, 0.1) is 22.5 Å². The molecule has 2 aliphatic heterocycles. The number of piperidine rings is 1. The molecule has 234 valence electrons. The number of imidazole rings is 1. The minimum atomic E-state index is -3.34. The Labute approximate surface area is 254 Å². The first-order valence-electron chi connectivity index (χ1n) is 13.8. The van der Waals surface area contributed by atoms with Crippen LogP contribution in [0.2, 0.25) is 5.02 Å². The van der Waals surface area contributed by atoms with Gasteiger partial charge >= 0.3 is 6.61 Å². The molecule has 0 unspecified atom stereocenters. The summed E-state index contributed by atoms with van der Waals surface area (Å²) < 4.78 is 59.0. The van der Waals surface area contributed by atoms with E-state index in [-0.39, 0.29) is 57.1 Å². The lowest BCUT2D eigenvalue weighted by molar-refractivity contribution is -0.135. The van der Waals surface area contributed by atoms with Crippen LogP contribution in [0.15, 0.2) is 36.5 Å². The number of rotatable bonds is 7. The molecule has 5 rings (SSSR count). The van der Waals surface area contributed by atoms with Crippen molar-refractivity contribution in [1.82, 2.24) is 19.4 Å². The fourth-order valence-electron chi connectivity index (χ4n) is 5.49. The molecule has 10 nitrogen and oxygen atoms in total. The predicted octanol–water partition coefficient (Wildman–Crippen LogP) is 4.28. The maximum atomic E-state index is 14.6. The molecule has 3 aromatic rings. The Morgan fingerprint density at radius 1 is 1.05 bits per heavy atom. The van der Waals surface area contributed by atoms with Gasteiger partial charge in [-0.3, -0.25) is 14.4 Å². The number of carbonyl (C=O) groups is 3. The van der Waals surface area contributed by atoms with Crippen molar-refractivity contribution in [2.75, 3.05) is 31.5 Å². The quantitative estimate of drug-likeness (QED) is 0.373. The number of nitrogens with two attached hydrogens (primary N) is 1. The zero-order valence-corrected chi connectivity index (χ0v) is 24.3. The van der Waals surface area contributed by atoms with Gasteiger partial charge in [0, 0.05) is 56.4 Å². The number of likely N-dealkylation sites (tertiary alicyclic amines) is 2. The molecule has 2 aromatic carbocycles. The van der Waals surface area contributed by atoms with Crippen LogP contribution in [0.5, 0.6) is 5.75 Å². The van der Waals surface area contributed by atoms with Gasteiger partial charge in [0.1, 0.15) is 0 Å². The van der Waals surface area contributed by atoms with Crippen molar-refractivity contribution in [2.24, 2.45) is 18.7 Å². The number of aromatic nitrogens is 2. The first-order chi connectivity index (χ1) is 20.9. The molecule has 1 aromatic heterocycles. The molecule has 44 heavy (non-hydrogen) atoms. The summed E-state index contributed by atoms with van der Waals surface area (Å²) in [4.78, 5) is 46.4. The third-order valence-electron chi connectivity index (χ3n) is 7.86. The molecular weight excluding hydrogens is 608 g/mol. The van der Waals surface area contributed by atoms with Gasteiger partial charge in [0.25, 0.3) is 11.8 Å². The Balaban J connectivity index is 1.22. The zero-order valence-electron chi connectivity index (χ0n) is 23.5. The lowest BCUT2D eigenvalue weighted by Gasteiger charge is -2.33. The van der Waals surface area contributed by atoms with Gasteiger partial charge in [-0.15, -0.1) is 0 Å². The maximum Gasteiger partial charge on any atom is 0.387 e. The molecule has 2 aliphatic rings. The molecular formula is C29H29ClF4N6O4. The Kier molecular flexibility index (Phi) is 9.11. The van der Waals surface area contributed by atoms with E-state index in [0.29, 0.717) is 39.0 Å². The molecule has 1 atom stereocenters. The second-order valence-electron chi connectivity index (χ2n) is 10.7. The number of benzene rings is 2. The Hall–Kier alpha value is -4.17. The van der Waals surface area contributed by atoms with Gasteiger partial charge < -0.3 is 30.2 Å². The summed E-state index contributed by atoms with van der Waals surface area (Å²) >= 11 is 6.42. The minimum absolute atomic E-state index is 0.00333. The molecule has 3 heterocycles. The average molecular weight is 637 g/mol. The van der Waals surface area contributed by atoms with Gasteiger partial charge in [0.2, 0.25) is 11.7 Å². The van der Waals surface area contributed by atoms with E-state index < -0.39 is 29.9 Å². The number of nitrogens with one attached hydrogen (secondary N) is 1. The number of hydrogen-bond donors (Lipinski definition) is 2. The van der Waals surface area contributed by atoms with E-state index in [0.717, 1.165) is 24.8 Å². The Morgan fingerprint density at radius 3 is 2.39 bits per heavy atom. The molecule has 15 heteroatoms. The van der Waals surface area contributed by atoms with Crippen molar-refractivity contribution < 1.29 is 36.7 Å². The minimum Gasteiger partial charge on any atom is -0.432 e. The van der Waals surface area contributed by atoms with Crippen LogP contribution in [0.4, 0.5) is 23.2 Å². The van der Waals surface area contributed by atoms with E-state index in [4.69, 9.17) is 17.3 Å². The van der Waals surface area contributed by atoms with E-state index in [2.05, 4.69) is 15.0 Å². The number of halogens is 5. The van der Waals surface area contributed by atoms with Gasteiger partial charge in [-0.1, -0.05) is 11.6 Å². The van der Waals surface area contributed by atoms with Gasteiger partial charge in [-0.25, -0.2) is 9.37 Å². The van der Waals surface area contributed by atoms with Crippen LogP contribution >= 0.6 is 11.6 Å². The summed E-state index contributed by atoms with van der Waals surface area (Å²) in [6.07, 6.45) is 3.00. The highest BCUT2D eigenvalue weighted by Gasteiger charge is 2.33. The summed E-state index contributed by atoms with van der Waals surface area (Å²) in [6.45, 7) is -1.31. The number of anilines is 1. The summed E-state index contributed by atoms with van der Waals surface area (Å²) in [5.41, 5.74) is 6.09. The number of carbonyl (C=O) groups excluding carboxylic acids is 3. The smallest absolute Gasteiger partial charge is 0.387 e. The van der Waals surface area contributed by atoms with Crippen molar-refractivity contribution in [1.29, 1.82) is 0 Å². The van der Waals surface area contributed by atoms with Crippen molar-refractivity contribution in [3.63, 3.8) is 0 Å². The molecule has 3 amide bonds. The summed E-state index contributed by atoms with van der Waals surface area (Å²) in [5.74, 6) is -5.26. The molecule has 2 saturated heterocycles. The van der Waals surface area contributed by atoms with E-state index in [1.165, 1.54) is 29.8 Å². The van der Waals surface area contributed by atoms with E-state index >= 15 is 0 Å². The fraction of sp³-hybridized carbons (Fsp3) is 0.379. The SMILES string of the molecule is Cn1c(-c2ccc(OC(F)F)c(F)c2F)cnc1C(=O)Nc1ccc(C(=O)N2CCC(C(=O)N3CC[C@@H](N)C3)CC2)c(Cl)c1. The fourth-order valence-corrected chi connectivity index (χ4v) is 5.75. The number of ether oxygens (including phenoxy) is 1. The Morgan fingerprint density at radius 2 is 1.75 bits per heavy atom. The van der Waals surface area contributed by atoms with Crippen LogP contribution in [0.3, 0.4) is 0 Å². The van der Waals surface area contributed by atoms with Gasteiger partial charge in [-0.2, -0.15) is 13.2 Å². The molecule has 0 aliphatic carbocycles. The van der Waals surface area contributed by atoms with Crippen molar-refractivity contribution >= 4 is 35.0 Å². The number of hydrogen-bond acceptors (Lipinski definition) is 6. The average Bonchev–Trinajstić information content (AvgIpc) is 3.60. The van der Waals surface area contributed by atoms with Crippen molar-refractivity contribution in [2.45, 2.75) is 31.9 Å². The monoisotopic (exact) mass is 636 g/mol. The van der Waals surface area contributed by atoms with Crippen molar-refractivity contribution in [3.05, 3.63) is 64.6 Å².